The van der Waals surface area contributed by atoms with Gasteiger partial charge in [-0.05, 0) is 42.5 Å². The molecule has 0 saturated carbocycles. The molecule has 0 bridgehead atoms. The number of thioether (sulfide) groups is 1. The molecule has 0 N–H and O–H groups in total. The molecule has 4 rings (SSSR count). The van der Waals surface area contributed by atoms with Gasteiger partial charge in [0, 0.05) is 22.9 Å². The molecule has 1 aromatic heterocycles. The third-order valence-corrected chi connectivity index (χ3v) is 5.37. The number of carbonyl (C=O) groups excluding carboxylic acids is 1. The Morgan fingerprint density at radius 1 is 1.04 bits per heavy atom. The van der Waals surface area contributed by atoms with Crippen molar-refractivity contribution in [2.45, 2.75) is 11.3 Å². The minimum absolute atomic E-state index is 0.00455. The largest absolute Gasteiger partial charge is 0.308 e. The van der Waals surface area contributed by atoms with Gasteiger partial charge in [0.2, 0.25) is 0 Å². The highest BCUT2D eigenvalue weighted by atomic mass is 32.2. The molecule has 1 aliphatic heterocycles. The Balaban J connectivity index is 1.59. The van der Waals surface area contributed by atoms with Gasteiger partial charge >= 0.3 is 0 Å². The van der Waals surface area contributed by atoms with Crippen LogP contribution in [0.2, 0.25) is 0 Å². The van der Waals surface area contributed by atoms with Gasteiger partial charge in [-0.15, -0.1) is 11.8 Å². The zero-order valence-corrected chi connectivity index (χ0v) is 14.6. The van der Waals surface area contributed by atoms with Crippen molar-refractivity contribution >= 4 is 40.3 Å². The Hall–Kier alpha value is -2.59. The van der Waals surface area contributed by atoms with Crippen LogP contribution in [0.15, 0.2) is 71.6 Å². The van der Waals surface area contributed by atoms with Crippen LogP contribution in [0.4, 0.5) is 5.69 Å². The topological polar surface area (TPSA) is 33.2 Å². The SMILES string of the molecule is O=C(/C=C/c1ccc2ccccc2n1)N1CCCSc2ccccc21. The van der Waals surface area contributed by atoms with Crippen LogP contribution in [-0.2, 0) is 4.79 Å². The lowest BCUT2D eigenvalue weighted by molar-refractivity contribution is -0.114. The number of anilines is 1. The molecule has 2 heterocycles. The number of pyridine rings is 1. The first kappa shape index (κ1) is 15.9. The first-order chi connectivity index (χ1) is 12.3. The molecule has 3 aromatic rings. The van der Waals surface area contributed by atoms with Gasteiger partial charge in [-0.3, -0.25) is 4.79 Å². The Morgan fingerprint density at radius 2 is 1.88 bits per heavy atom. The summed E-state index contributed by atoms with van der Waals surface area (Å²) in [4.78, 5) is 20.4. The number of rotatable bonds is 2. The standard InChI is InChI=1S/C21H18N2OS/c24-21(23-14-5-15-25-20-9-4-3-8-19(20)23)13-12-17-11-10-16-6-1-2-7-18(16)22-17/h1-4,6-13H,5,14-15H2/b13-12+. The van der Waals surface area contributed by atoms with Crippen molar-refractivity contribution in [2.75, 3.05) is 17.2 Å². The predicted molar refractivity (Wildman–Crippen MR) is 105 cm³/mol. The number of amides is 1. The molecule has 0 saturated heterocycles. The Kier molecular flexibility index (Phi) is 4.53. The summed E-state index contributed by atoms with van der Waals surface area (Å²) in [6.07, 6.45) is 4.42. The Labute approximate surface area is 151 Å². The fraction of sp³-hybridized carbons (Fsp3) is 0.143. The third-order valence-electron chi connectivity index (χ3n) is 4.22. The van der Waals surface area contributed by atoms with Crippen LogP contribution in [0.5, 0.6) is 0 Å². The molecule has 0 fully saturated rings. The molecule has 4 heteroatoms. The zero-order chi connectivity index (χ0) is 17.1. The first-order valence-electron chi connectivity index (χ1n) is 8.38. The van der Waals surface area contributed by atoms with E-state index in [2.05, 4.69) is 11.1 Å². The van der Waals surface area contributed by atoms with E-state index in [1.54, 1.807) is 12.2 Å². The first-order valence-corrected chi connectivity index (χ1v) is 9.37. The number of carbonyl (C=O) groups is 1. The van der Waals surface area contributed by atoms with E-state index in [0.717, 1.165) is 41.0 Å². The van der Waals surface area contributed by atoms with Gasteiger partial charge in [0.1, 0.15) is 0 Å². The monoisotopic (exact) mass is 346 g/mol. The van der Waals surface area contributed by atoms with Crippen molar-refractivity contribution in [3.05, 3.63) is 72.4 Å². The van der Waals surface area contributed by atoms with E-state index in [1.807, 2.05) is 71.3 Å². The molecule has 3 nitrogen and oxygen atoms in total. The molecule has 0 radical (unpaired) electrons. The van der Waals surface area contributed by atoms with Crippen molar-refractivity contribution in [1.29, 1.82) is 0 Å². The number of fused-ring (bicyclic) bond motifs is 2. The summed E-state index contributed by atoms with van der Waals surface area (Å²) < 4.78 is 0. The van der Waals surface area contributed by atoms with Crippen LogP contribution in [0.25, 0.3) is 17.0 Å². The molecule has 124 valence electrons. The van der Waals surface area contributed by atoms with E-state index in [-0.39, 0.29) is 5.91 Å². The maximum Gasteiger partial charge on any atom is 0.251 e. The van der Waals surface area contributed by atoms with Gasteiger partial charge in [0.05, 0.1) is 16.9 Å². The second kappa shape index (κ2) is 7.11. The summed E-state index contributed by atoms with van der Waals surface area (Å²) in [5, 5.41) is 1.10. The number of benzene rings is 2. The van der Waals surface area contributed by atoms with Crippen molar-refractivity contribution in [1.82, 2.24) is 4.98 Å². The lowest BCUT2D eigenvalue weighted by atomic mass is 10.2. The lowest BCUT2D eigenvalue weighted by Crippen LogP contribution is -2.30. The highest BCUT2D eigenvalue weighted by molar-refractivity contribution is 7.99. The average Bonchev–Trinajstić information content (AvgIpc) is 2.88. The van der Waals surface area contributed by atoms with E-state index in [4.69, 9.17) is 0 Å². The molecular formula is C21H18N2OS. The molecule has 2 aromatic carbocycles. The maximum atomic E-state index is 12.8. The number of hydrogen-bond acceptors (Lipinski definition) is 3. The fourth-order valence-corrected chi connectivity index (χ4v) is 3.97. The molecular weight excluding hydrogens is 328 g/mol. The molecule has 1 amide bonds. The zero-order valence-electron chi connectivity index (χ0n) is 13.8. The van der Waals surface area contributed by atoms with Crippen LogP contribution in [0, 0.1) is 0 Å². The molecule has 0 unspecified atom stereocenters. The van der Waals surface area contributed by atoms with Gasteiger partial charge < -0.3 is 4.90 Å². The molecule has 0 spiro atoms. The van der Waals surface area contributed by atoms with Crippen LogP contribution in [0.3, 0.4) is 0 Å². The molecule has 0 aliphatic carbocycles. The lowest BCUT2D eigenvalue weighted by Gasteiger charge is -2.20. The normalized spacial score (nSPS) is 14.5. The quantitative estimate of drug-likeness (QED) is 0.626. The highest BCUT2D eigenvalue weighted by Gasteiger charge is 2.19. The van der Waals surface area contributed by atoms with Crippen LogP contribution in [-0.4, -0.2) is 23.2 Å². The van der Waals surface area contributed by atoms with Gasteiger partial charge in [0.15, 0.2) is 0 Å². The number of hydrogen-bond donors (Lipinski definition) is 0. The Bertz CT molecular complexity index is 951. The number of nitrogens with zero attached hydrogens (tertiary/aromatic N) is 2. The average molecular weight is 346 g/mol. The van der Waals surface area contributed by atoms with Crippen molar-refractivity contribution in [3.63, 3.8) is 0 Å². The van der Waals surface area contributed by atoms with Gasteiger partial charge in [-0.25, -0.2) is 4.98 Å². The fourth-order valence-electron chi connectivity index (χ4n) is 2.98. The predicted octanol–water partition coefficient (Wildman–Crippen LogP) is 4.78. The third kappa shape index (κ3) is 3.44. The minimum atomic E-state index is 0.00455. The van der Waals surface area contributed by atoms with Crippen molar-refractivity contribution < 1.29 is 4.79 Å². The van der Waals surface area contributed by atoms with Crippen molar-refractivity contribution in [3.8, 4) is 0 Å². The van der Waals surface area contributed by atoms with E-state index in [0.29, 0.717) is 0 Å². The summed E-state index contributed by atoms with van der Waals surface area (Å²) in [5.41, 5.74) is 2.74. The van der Waals surface area contributed by atoms with Crippen LogP contribution in [0.1, 0.15) is 12.1 Å². The Morgan fingerprint density at radius 3 is 2.84 bits per heavy atom. The van der Waals surface area contributed by atoms with E-state index in [1.165, 1.54) is 4.90 Å². The van der Waals surface area contributed by atoms with Crippen molar-refractivity contribution in [2.24, 2.45) is 0 Å². The maximum absolute atomic E-state index is 12.8. The van der Waals surface area contributed by atoms with Gasteiger partial charge in [0.25, 0.3) is 5.91 Å². The summed E-state index contributed by atoms with van der Waals surface area (Å²) in [5.74, 6) is 1.04. The second-order valence-electron chi connectivity index (χ2n) is 5.92. The van der Waals surface area contributed by atoms with Crippen LogP contribution < -0.4 is 4.90 Å². The minimum Gasteiger partial charge on any atom is -0.308 e. The summed E-state index contributed by atoms with van der Waals surface area (Å²) in [6.45, 7) is 0.748. The molecule has 25 heavy (non-hydrogen) atoms. The molecule has 0 atom stereocenters. The van der Waals surface area contributed by atoms with E-state index < -0.39 is 0 Å². The highest BCUT2D eigenvalue weighted by Crippen LogP contribution is 2.33. The smallest absolute Gasteiger partial charge is 0.251 e. The summed E-state index contributed by atoms with van der Waals surface area (Å²) >= 11 is 1.82. The molecule has 1 aliphatic rings. The second-order valence-corrected chi connectivity index (χ2v) is 7.06. The van der Waals surface area contributed by atoms with E-state index >= 15 is 0 Å². The summed E-state index contributed by atoms with van der Waals surface area (Å²) in [7, 11) is 0. The van der Waals surface area contributed by atoms with E-state index in [9.17, 15) is 4.79 Å². The van der Waals surface area contributed by atoms with Gasteiger partial charge in [-0.2, -0.15) is 0 Å². The van der Waals surface area contributed by atoms with Crippen LogP contribution >= 0.6 is 11.8 Å². The number of aromatic nitrogens is 1. The van der Waals surface area contributed by atoms with Gasteiger partial charge in [-0.1, -0.05) is 36.4 Å². The summed E-state index contributed by atoms with van der Waals surface area (Å²) in [6, 6.07) is 20.1. The number of para-hydroxylation sites is 2.